The lowest BCUT2D eigenvalue weighted by molar-refractivity contribution is -0.129. The molecule has 1 aromatic carbocycles. The molecular formula is C16H23NO2. The predicted octanol–water partition coefficient (Wildman–Crippen LogP) is 2.65. The van der Waals surface area contributed by atoms with Gasteiger partial charge >= 0.3 is 0 Å². The van der Waals surface area contributed by atoms with Gasteiger partial charge in [0.2, 0.25) is 5.91 Å². The number of likely N-dealkylation sites (N-methyl/N-ethyl adjacent to an activating group) is 1. The third-order valence-corrected chi connectivity index (χ3v) is 3.68. The minimum absolute atomic E-state index is 0.182. The summed E-state index contributed by atoms with van der Waals surface area (Å²) in [6.07, 6.45) is 5.37. The van der Waals surface area contributed by atoms with Crippen LogP contribution in [-0.2, 0) is 16.0 Å². The number of benzene rings is 1. The van der Waals surface area contributed by atoms with Gasteiger partial charge in [-0.2, -0.15) is 0 Å². The molecule has 1 amide bonds. The maximum absolute atomic E-state index is 12.1. The third-order valence-electron chi connectivity index (χ3n) is 3.68. The van der Waals surface area contributed by atoms with Crippen molar-refractivity contribution in [2.75, 3.05) is 20.2 Å². The monoisotopic (exact) mass is 261 g/mol. The van der Waals surface area contributed by atoms with E-state index < -0.39 is 0 Å². The van der Waals surface area contributed by atoms with Gasteiger partial charge in [0.15, 0.2) is 0 Å². The van der Waals surface area contributed by atoms with Crippen molar-refractivity contribution in [3.63, 3.8) is 0 Å². The molecule has 0 bridgehead atoms. The Labute approximate surface area is 115 Å². The van der Waals surface area contributed by atoms with Gasteiger partial charge in [0.1, 0.15) is 0 Å². The minimum Gasteiger partial charge on any atom is -0.378 e. The molecule has 0 aliphatic carbocycles. The Morgan fingerprint density at radius 1 is 1.32 bits per heavy atom. The molecule has 0 aromatic heterocycles. The van der Waals surface area contributed by atoms with Gasteiger partial charge < -0.3 is 9.64 Å². The highest BCUT2D eigenvalue weighted by Crippen LogP contribution is 2.15. The zero-order valence-corrected chi connectivity index (χ0v) is 11.7. The smallest absolute Gasteiger partial charge is 0.226 e. The lowest BCUT2D eigenvalue weighted by Gasteiger charge is -2.25. The number of nitrogens with zero attached hydrogens (tertiary/aromatic N) is 1. The van der Waals surface area contributed by atoms with Crippen molar-refractivity contribution in [3.8, 4) is 0 Å². The van der Waals surface area contributed by atoms with Gasteiger partial charge in [0, 0.05) is 20.2 Å². The highest BCUT2D eigenvalue weighted by Gasteiger charge is 2.16. The average Bonchev–Trinajstić information content (AvgIpc) is 2.47. The Hall–Kier alpha value is -1.35. The van der Waals surface area contributed by atoms with Crippen LogP contribution in [0.3, 0.4) is 0 Å². The topological polar surface area (TPSA) is 29.5 Å². The summed E-state index contributed by atoms with van der Waals surface area (Å²) in [5.41, 5.74) is 1.08. The van der Waals surface area contributed by atoms with Crippen LogP contribution in [0, 0.1) is 0 Å². The zero-order valence-electron chi connectivity index (χ0n) is 11.7. The molecule has 1 heterocycles. The first-order valence-electron chi connectivity index (χ1n) is 7.15. The fourth-order valence-corrected chi connectivity index (χ4v) is 2.40. The fourth-order valence-electron chi connectivity index (χ4n) is 2.40. The van der Waals surface area contributed by atoms with Crippen molar-refractivity contribution in [3.05, 3.63) is 35.9 Å². The SMILES string of the molecule is CN(CCC1CCCCO1)C(=O)Cc1ccccc1. The number of carbonyl (C=O) groups is 1. The normalized spacial score (nSPS) is 19.1. The summed E-state index contributed by atoms with van der Waals surface area (Å²) in [5.74, 6) is 0.182. The van der Waals surface area contributed by atoms with Crippen LogP contribution in [-0.4, -0.2) is 37.1 Å². The summed E-state index contributed by atoms with van der Waals surface area (Å²) in [5, 5.41) is 0. The molecule has 104 valence electrons. The molecule has 1 atom stereocenters. The molecule has 1 aromatic rings. The zero-order chi connectivity index (χ0) is 13.5. The van der Waals surface area contributed by atoms with Gasteiger partial charge in [-0.1, -0.05) is 30.3 Å². The van der Waals surface area contributed by atoms with Crippen molar-refractivity contribution in [2.24, 2.45) is 0 Å². The number of hydrogen-bond acceptors (Lipinski definition) is 2. The summed E-state index contributed by atoms with van der Waals surface area (Å²) in [6.45, 7) is 1.67. The van der Waals surface area contributed by atoms with E-state index >= 15 is 0 Å². The summed E-state index contributed by atoms with van der Waals surface area (Å²) >= 11 is 0. The lowest BCUT2D eigenvalue weighted by atomic mass is 10.1. The van der Waals surface area contributed by atoms with E-state index in [2.05, 4.69) is 0 Å². The molecule has 1 unspecified atom stereocenters. The second-order valence-corrected chi connectivity index (χ2v) is 5.25. The van der Waals surface area contributed by atoms with Crippen molar-refractivity contribution < 1.29 is 9.53 Å². The van der Waals surface area contributed by atoms with Crippen LogP contribution in [0.2, 0.25) is 0 Å². The first-order chi connectivity index (χ1) is 9.25. The molecule has 1 aliphatic heterocycles. The van der Waals surface area contributed by atoms with Gasteiger partial charge in [-0.3, -0.25) is 4.79 Å². The Morgan fingerprint density at radius 2 is 2.11 bits per heavy atom. The molecule has 1 saturated heterocycles. The number of amides is 1. The lowest BCUT2D eigenvalue weighted by Crippen LogP contribution is -2.32. The van der Waals surface area contributed by atoms with Crippen LogP contribution >= 0.6 is 0 Å². The summed E-state index contributed by atoms with van der Waals surface area (Å²) in [4.78, 5) is 13.9. The quantitative estimate of drug-likeness (QED) is 0.815. The molecule has 0 radical (unpaired) electrons. The van der Waals surface area contributed by atoms with Crippen molar-refractivity contribution in [2.45, 2.75) is 38.2 Å². The maximum Gasteiger partial charge on any atom is 0.226 e. The van der Waals surface area contributed by atoms with E-state index in [9.17, 15) is 4.79 Å². The summed E-state index contributed by atoms with van der Waals surface area (Å²) in [6, 6.07) is 9.90. The van der Waals surface area contributed by atoms with Gasteiger partial charge in [-0.25, -0.2) is 0 Å². The van der Waals surface area contributed by atoms with E-state index in [1.54, 1.807) is 0 Å². The van der Waals surface area contributed by atoms with E-state index in [-0.39, 0.29) is 5.91 Å². The Morgan fingerprint density at radius 3 is 2.79 bits per heavy atom. The Kier molecular flexibility index (Phi) is 5.40. The number of ether oxygens (including phenoxy) is 1. The van der Waals surface area contributed by atoms with Crippen LogP contribution in [0.15, 0.2) is 30.3 Å². The largest absolute Gasteiger partial charge is 0.378 e. The molecule has 0 saturated carbocycles. The number of rotatable bonds is 5. The van der Waals surface area contributed by atoms with E-state index in [4.69, 9.17) is 4.74 Å². The van der Waals surface area contributed by atoms with Gasteiger partial charge in [-0.05, 0) is 31.2 Å². The van der Waals surface area contributed by atoms with Gasteiger partial charge in [0.05, 0.1) is 12.5 Å². The summed E-state index contributed by atoms with van der Waals surface area (Å²) in [7, 11) is 1.88. The fraction of sp³-hybridized carbons (Fsp3) is 0.562. The van der Waals surface area contributed by atoms with E-state index in [0.29, 0.717) is 12.5 Å². The van der Waals surface area contributed by atoms with Gasteiger partial charge in [-0.15, -0.1) is 0 Å². The molecule has 19 heavy (non-hydrogen) atoms. The molecule has 1 aliphatic rings. The molecular weight excluding hydrogens is 238 g/mol. The standard InChI is InChI=1S/C16H23NO2/c1-17(11-10-15-9-5-6-12-19-15)16(18)13-14-7-3-2-4-8-14/h2-4,7-8,15H,5-6,9-13H2,1H3. The van der Waals surface area contributed by atoms with Crippen LogP contribution in [0.4, 0.5) is 0 Å². The molecule has 1 fully saturated rings. The van der Waals surface area contributed by atoms with Crippen molar-refractivity contribution in [1.82, 2.24) is 4.90 Å². The van der Waals surface area contributed by atoms with Crippen LogP contribution in [0.5, 0.6) is 0 Å². The highest BCUT2D eigenvalue weighted by atomic mass is 16.5. The van der Waals surface area contributed by atoms with Crippen LogP contribution < -0.4 is 0 Å². The van der Waals surface area contributed by atoms with Crippen molar-refractivity contribution in [1.29, 1.82) is 0 Å². The first kappa shape index (κ1) is 14.1. The molecule has 2 rings (SSSR count). The van der Waals surface area contributed by atoms with E-state index in [1.807, 2.05) is 42.3 Å². The highest BCUT2D eigenvalue weighted by molar-refractivity contribution is 5.78. The second-order valence-electron chi connectivity index (χ2n) is 5.25. The van der Waals surface area contributed by atoms with E-state index in [1.165, 1.54) is 12.8 Å². The van der Waals surface area contributed by atoms with Crippen LogP contribution in [0.1, 0.15) is 31.2 Å². The Bertz CT molecular complexity index is 385. The maximum atomic E-state index is 12.1. The predicted molar refractivity (Wildman–Crippen MR) is 76.0 cm³/mol. The molecule has 0 N–H and O–H groups in total. The third kappa shape index (κ3) is 4.67. The van der Waals surface area contributed by atoms with Crippen LogP contribution in [0.25, 0.3) is 0 Å². The summed E-state index contributed by atoms with van der Waals surface area (Å²) < 4.78 is 5.69. The molecule has 0 spiro atoms. The van der Waals surface area contributed by atoms with Crippen molar-refractivity contribution >= 4 is 5.91 Å². The van der Waals surface area contributed by atoms with E-state index in [0.717, 1.165) is 31.6 Å². The Balaban J connectivity index is 1.73. The minimum atomic E-state index is 0.182. The number of hydrogen-bond donors (Lipinski definition) is 0. The van der Waals surface area contributed by atoms with Gasteiger partial charge in [0.25, 0.3) is 0 Å². The molecule has 3 heteroatoms. The first-order valence-corrected chi connectivity index (χ1v) is 7.15. The molecule has 3 nitrogen and oxygen atoms in total. The average molecular weight is 261 g/mol. The second kappa shape index (κ2) is 7.29. The number of carbonyl (C=O) groups excluding carboxylic acids is 1.